The molecule has 0 aliphatic rings. The molecule has 27 heavy (non-hydrogen) atoms. The largest absolute Gasteiger partial charge is 0.481 e. The van der Waals surface area contributed by atoms with Crippen LogP contribution in [0.15, 0.2) is 18.2 Å². The normalized spacial score (nSPS) is 13.5. The fourth-order valence-corrected chi connectivity index (χ4v) is 3.28. The zero-order chi connectivity index (χ0) is 20.7. The van der Waals surface area contributed by atoms with Crippen LogP contribution in [-0.4, -0.2) is 11.3 Å². The molecular formula is C24H39ClO2. The van der Waals surface area contributed by atoms with Gasteiger partial charge in [-0.3, -0.25) is 4.79 Å². The van der Waals surface area contributed by atoms with Crippen molar-refractivity contribution in [3.63, 3.8) is 0 Å². The quantitative estimate of drug-likeness (QED) is 0.270. The van der Waals surface area contributed by atoms with Gasteiger partial charge in [-0.2, -0.15) is 0 Å². The van der Waals surface area contributed by atoms with Crippen LogP contribution in [0.1, 0.15) is 105 Å². The van der Waals surface area contributed by atoms with Crippen LogP contribution in [0, 0.1) is 0 Å². The molecule has 0 amide bonds. The Morgan fingerprint density at radius 1 is 1.00 bits per heavy atom. The van der Waals surface area contributed by atoms with E-state index in [0.717, 1.165) is 37.0 Å². The highest BCUT2D eigenvalue weighted by Gasteiger charge is 2.28. The molecule has 2 nitrogen and oxygen atoms in total. The van der Waals surface area contributed by atoms with Gasteiger partial charge in [0.2, 0.25) is 0 Å². The van der Waals surface area contributed by atoms with Crippen molar-refractivity contribution in [2.45, 2.75) is 110 Å². The fourth-order valence-electron chi connectivity index (χ4n) is 3.12. The molecule has 154 valence electrons. The highest BCUT2D eigenvalue weighted by molar-refractivity contribution is 6.64. The number of hydrogen-bond acceptors (Lipinski definition) is 2. The Kier molecular flexibility index (Phi) is 9.34. The van der Waals surface area contributed by atoms with Gasteiger partial charge in [0, 0.05) is 0 Å². The van der Waals surface area contributed by atoms with Crippen molar-refractivity contribution in [1.29, 1.82) is 0 Å². The predicted molar refractivity (Wildman–Crippen MR) is 117 cm³/mol. The third kappa shape index (κ3) is 6.82. The van der Waals surface area contributed by atoms with Gasteiger partial charge in [-0.05, 0) is 65.3 Å². The van der Waals surface area contributed by atoms with Crippen LogP contribution in [0.3, 0.4) is 0 Å². The summed E-state index contributed by atoms with van der Waals surface area (Å²) < 4.78 is 6.27. The average molecular weight is 395 g/mol. The smallest absolute Gasteiger partial charge is 0.262 e. The van der Waals surface area contributed by atoms with Crippen LogP contribution in [0.4, 0.5) is 0 Å². The third-order valence-corrected chi connectivity index (χ3v) is 6.35. The van der Waals surface area contributed by atoms with Crippen molar-refractivity contribution in [3.8, 4) is 5.75 Å². The first-order valence-electron chi connectivity index (χ1n) is 10.6. The lowest BCUT2D eigenvalue weighted by atomic mass is 9.77. The molecule has 0 bridgehead atoms. The molecule has 0 saturated carbocycles. The van der Waals surface area contributed by atoms with E-state index in [1.807, 2.05) is 0 Å². The molecule has 0 radical (unpaired) electrons. The van der Waals surface area contributed by atoms with Crippen molar-refractivity contribution in [3.05, 3.63) is 29.3 Å². The summed E-state index contributed by atoms with van der Waals surface area (Å²) in [6, 6.07) is 6.52. The Morgan fingerprint density at radius 3 is 2.15 bits per heavy atom. The van der Waals surface area contributed by atoms with Gasteiger partial charge in [0.1, 0.15) is 5.75 Å². The Morgan fingerprint density at radius 2 is 1.63 bits per heavy atom. The van der Waals surface area contributed by atoms with Gasteiger partial charge in [0.25, 0.3) is 5.24 Å². The van der Waals surface area contributed by atoms with E-state index in [-0.39, 0.29) is 10.8 Å². The summed E-state index contributed by atoms with van der Waals surface area (Å²) in [6.07, 6.45) is 6.56. The summed E-state index contributed by atoms with van der Waals surface area (Å²) in [6.45, 7) is 15.5. The minimum Gasteiger partial charge on any atom is -0.481 e. The Balaban J connectivity index is 3.22. The van der Waals surface area contributed by atoms with E-state index in [0.29, 0.717) is 6.42 Å². The van der Waals surface area contributed by atoms with E-state index in [1.165, 1.54) is 18.4 Å². The van der Waals surface area contributed by atoms with E-state index in [4.69, 9.17) is 16.3 Å². The maximum absolute atomic E-state index is 12.0. The summed E-state index contributed by atoms with van der Waals surface area (Å²) in [7, 11) is 0. The predicted octanol–water partition coefficient (Wildman–Crippen LogP) is 7.55. The molecule has 1 unspecified atom stereocenters. The lowest BCUT2D eigenvalue weighted by Crippen LogP contribution is -2.27. The SMILES string of the molecule is CCCCCCC(Oc1cc(C(C)(C)CC)ccc1C(C)(C)CC)C(=O)Cl. The maximum Gasteiger partial charge on any atom is 0.262 e. The van der Waals surface area contributed by atoms with Gasteiger partial charge in [-0.25, -0.2) is 0 Å². The van der Waals surface area contributed by atoms with Gasteiger partial charge in [0.15, 0.2) is 6.10 Å². The zero-order valence-corrected chi connectivity index (χ0v) is 19.2. The molecule has 0 aromatic heterocycles. The van der Waals surface area contributed by atoms with Crippen LogP contribution in [0.25, 0.3) is 0 Å². The number of rotatable bonds is 12. The number of ether oxygens (including phenoxy) is 1. The third-order valence-electron chi connectivity index (χ3n) is 6.10. The number of carbonyl (C=O) groups is 1. The van der Waals surface area contributed by atoms with Crippen molar-refractivity contribution in [2.75, 3.05) is 0 Å². The molecular weight excluding hydrogens is 356 g/mol. The monoisotopic (exact) mass is 394 g/mol. The number of carbonyl (C=O) groups excluding carboxylic acids is 1. The average Bonchev–Trinajstić information content (AvgIpc) is 2.63. The van der Waals surface area contributed by atoms with Crippen LogP contribution in [0.5, 0.6) is 5.75 Å². The lowest BCUT2D eigenvalue weighted by molar-refractivity contribution is -0.118. The second kappa shape index (κ2) is 10.5. The molecule has 1 atom stereocenters. The first-order valence-corrected chi connectivity index (χ1v) is 11.0. The summed E-state index contributed by atoms with van der Waals surface area (Å²) >= 11 is 5.90. The zero-order valence-electron chi connectivity index (χ0n) is 18.5. The van der Waals surface area contributed by atoms with Crippen molar-refractivity contribution < 1.29 is 9.53 Å². The molecule has 0 spiro atoms. The van der Waals surface area contributed by atoms with Crippen molar-refractivity contribution in [2.24, 2.45) is 0 Å². The van der Waals surface area contributed by atoms with Crippen molar-refractivity contribution >= 4 is 16.8 Å². The first kappa shape index (κ1) is 24.0. The lowest BCUT2D eigenvalue weighted by Gasteiger charge is -2.30. The van der Waals surface area contributed by atoms with E-state index < -0.39 is 11.3 Å². The Hall–Kier alpha value is -1.02. The minimum atomic E-state index is -0.574. The second-order valence-corrected chi connectivity index (χ2v) is 9.32. The molecule has 1 aromatic rings. The summed E-state index contributed by atoms with van der Waals surface area (Å²) in [5.74, 6) is 0.815. The van der Waals surface area contributed by atoms with Gasteiger partial charge in [-0.15, -0.1) is 0 Å². The van der Waals surface area contributed by atoms with E-state index in [9.17, 15) is 4.79 Å². The first-order chi connectivity index (χ1) is 12.6. The highest BCUT2D eigenvalue weighted by atomic mass is 35.5. The fraction of sp³-hybridized carbons (Fsp3) is 0.708. The molecule has 1 aromatic carbocycles. The van der Waals surface area contributed by atoms with E-state index in [1.54, 1.807) is 0 Å². The number of halogens is 1. The summed E-state index contributed by atoms with van der Waals surface area (Å²) in [5.41, 5.74) is 2.43. The minimum absolute atomic E-state index is 0.0215. The van der Waals surface area contributed by atoms with E-state index in [2.05, 4.69) is 66.7 Å². The second-order valence-electron chi connectivity index (χ2n) is 8.95. The molecule has 0 heterocycles. The molecule has 0 fully saturated rings. The molecule has 3 heteroatoms. The Bertz CT molecular complexity index is 604. The Labute approximate surface area is 172 Å². The van der Waals surface area contributed by atoms with E-state index >= 15 is 0 Å². The van der Waals surface area contributed by atoms with Crippen LogP contribution < -0.4 is 4.74 Å². The van der Waals surface area contributed by atoms with Crippen LogP contribution >= 0.6 is 11.6 Å². The van der Waals surface area contributed by atoms with Gasteiger partial charge in [0.05, 0.1) is 0 Å². The number of hydrogen-bond donors (Lipinski definition) is 0. The highest BCUT2D eigenvalue weighted by Crippen LogP contribution is 2.39. The maximum atomic E-state index is 12.0. The molecule has 0 N–H and O–H groups in total. The van der Waals surface area contributed by atoms with Gasteiger partial charge < -0.3 is 4.74 Å². The van der Waals surface area contributed by atoms with Crippen LogP contribution in [0.2, 0.25) is 0 Å². The standard InChI is InChI=1S/C24H39ClO2/c1-8-11-12-13-14-20(22(25)26)27-21-17-18(23(4,5)9-2)15-16-19(21)24(6,7)10-3/h15-17,20H,8-14H2,1-7H3. The summed E-state index contributed by atoms with van der Waals surface area (Å²) in [4.78, 5) is 12.0. The molecule has 0 aliphatic heterocycles. The molecule has 0 aliphatic carbocycles. The molecule has 0 saturated heterocycles. The van der Waals surface area contributed by atoms with Gasteiger partial charge in [-0.1, -0.05) is 79.9 Å². The van der Waals surface area contributed by atoms with Crippen LogP contribution in [-0.2, 0) is 15.6 Å². The summed E-state index contributed by atoms with van der Waals surface area (Å²) in [5, 5.41) is -0.396. The van der Waals surface area contributed by atoms with Crippen molar-refractivity contribution in [1.82, 2.24) is 0 Å². The van der Waals surface area contributed by atoms with Gasteiger partial charge >= 0.3 is 0 Å². The number of benzene rings is 1. The molecule has 1 rings (SSSR count). The number of unbranched alkanes of at least 4 members (excludes halogenated alkanes) is 3. The topological polar surface area (TPSA) is 26.3 Å².